The van der Waals surface area contributed by atoms with Gasteiger partial charge in [0.25, 0.3) is 0 Å². The van der Waals surface area contributed by atoms with Gasteiger partial charge in [-0.05, 0) is 43.4 Å². The lowest BCUT2D eigenvalue weighted by molar-refractivity contribution is -0.277. The van der Waals surface area contributed by atoms with Crippen molar-refractivity contribution >= 4 is 5.97 Å². The summed E-state index contributed by atoms with van der Waals surface area (Å²) in [6.07, 6.45) is 19.7. The second-order valence-corrected chi connectivity index (χ2v) is 8.36. The molecule has 1 aliphatic carbocycles. The predicted octanol–water partition coefficient (Wildman–Crippen LogP) is 7.57. The Hall–Kier alpha value is -1.35. The Kier molecular flexibility index (Phi) is 12.0. The lowest BCUT2D eigenvalue weighted by Gasteiger charge is -2.17. The van der Waals surface area contributed by atoms with E-state index in [0.29, 0.717) is 5.56 Å². The lowest BCUT2D eigenvalue weighted by atomic mass is 9.99. The molecule has 1 fully saturated rings. The molecule has 0 heterocycles. The molecule has 1 aromatic carbocycles. The third-order valence-corrected chi connectivity index (χ3v) is 5.82. The third kappa shape index (κ3) is 9.73. The van der Waals surface area contributed by atoms with E-state index in [2.05, 4.69) is 6.92 Å². The molecule has 1 saturated carbocycles. The Bertz CT molecular complexity index is 511. The van der Waals surface area contributed by atoms with Gasteiger partial charge in [0.2, 0.25) is 0 Å². The van der Waals surface area contributed by atoms with Crippen molar-refractivity contribution in [2.24, 2.45) is 0 Å². The van der Waals surface area contributed by atoms with Gasteiger partial charge in [-0.2, -0.15) is 4.89 Å². The van der Waals surface area contributed by atoms with Crippen molar-refractivity contribution in [2.45, 2.75) is 116 Å². The summed E-state index contributed by atoms with van der Waals surface area (Å²) in [5.41, 5.74) is 1.86. The smallest absolute Gasteiger partial charge is 0.293 e. The van der Waals surface area contributed by atoms with Crippen LogP contribution in [0.1, 0.15) is 119 Å². The van der Waals surface area contributed by atoms with Crippen LogP contribution >= 0.6 is 0 Å². The Morgan fingerprint density at radius 1 is 0.821 bits per heavy atom. The summed E-state index contributed by atoms with van der Waals surface area (Å²) in [7, 11) is 0. The van der Waals surface area contributed by atoms with Crippen LogP contribution in [-0.2, 0) is 16.2 Å². The largest absolute Gasteiger partial charge is 0.373 e. The summed E-state index contributed by atoms with van der Waals surface area (Å²) in [6, 6.07) is 7.81. The van der Waals surface area contributed by atoms with Gasteiger partial charge in [0.1, 0.15) is 6.10 Å². The maximum absolute atomic E-state index is 12.3. The summed E-state index contributed by atoms with van der Waals surface area (Å²) in [5, 5.41) is 0. The van der Waals surface area contributed by atoms with Gasteiger partial charge in [0, 0.05) is 0 Å². The van der Waals surface area contributed by atoms with Gasteiger partial charge in [-0.3, -0.25) is 4.89 Å². The molecular formula is C25H40O3. The van der Waals surface area contributed by atoms with Gasteiger partial charge in [0.05, 0.1) is 5.56 Å². The molecule has 158 valence electrons. The monoisotopic (exact) mass is 388 g/mol. The average molecular weight is 389 g/mol. The fourth-order valence-corrected chi connectivity index (χ4v) is 3.95. The van der Waals surface area contributed by atoms with Crippen molar-refractivity contribution in [2.75, 3.05) is 0 Å². The molecule has 1 aliphatic rings. The highest BCUT2D eigenvalue weighted by Crippen LogP contribution is 2.19. The fraction of sp³-hybridized carbons (Fsp3) is 0.720. The molecule has 0 radical (unpaired) electrons. The van der Waals surface area contributed by atoms with E-state index in [9.17, 15) is 4.79 Å². The van der Waals surface area contributed by atoms with Crippen LogP contribution < -0.4 is 0 Å². The van der Waals surface area contributed by atoms with Crippen molar-refractivity contribution in [3.05, 3.63) is 35.4 Å². The van der Waals surface area contributed by atoms with E-state index in [-0.39, 0.29) is 12.1 Å². The highest BCUT2D eigenvalue weighted by molar-refractivity contribution is 5.88. The molecule has 0 spiro atoms. The first-order valence-corrected chi connectivity index (χ1v) is 11.8. The number of carbonyl (C=O) groups is 1. The van der Waals surface area contributed by atoms with E-state index in [1.165, 1.54) is 76.2 Å². The quantitative estimate of drug-likeness (QED) is 0.262. The summed E-state index contributed by atoms with van der Waals surface area (Å²) < 4.78 is 0. The highest BCUT2D eigenvalue weighted by Gasteiger charge is 2.15. The zero-order valence-electron chi connectivity index (χ0n) is 17.9. The van der Waals surface area contributed by atoms with Gasteiger partial charge in [0.15, 0.2) is 0 Å². The van der Waals surface area contributed by atoms with Gasteiger partial charge in [-0.1, -0.05) is 96.1 Å². The number of rotatable bonds is 8. The Labute approximate surface area is 172 Å². The topological polar surface area (TPSA) is 35.5 Å². The number of hydrogen-bond donors (Lipinski definition) is 0. The highest BCUT2D eigenvalue weighted by atomic mass is 17.2. The molecule has 28 heavy (non-hydrogen) atoms. The maximum Gasteiger partial charge on any atom is 0.373 e. The van der Waals surface area contributed by atoms with Crippen molar-refractivity contribution in [3.63, 3.8) is 0 Å². The Balaban J connectivity index is 1.73. The minimum atomic E-state index is -0.372. The first kappa shape index (κ1) is 22.9. The van der Waals surface area contributed by atoms with Gasteiger partial charge in [-0.15, -0.1) is 0 Å². The van der Waals surface area contributed by atoms with Crippen molar-refractivity contribution in [1.29, 1.82) is 0 Å². The second-order valence-electron chi connectivity index (χ2n) is 8.36. The minimum absolute atomic E-state index is 0.0428. The number of aryl methyl sites for hydroxylation is 1. The lowest BCUT2D eigenvalue weighted by Crippen LogP contribution is -2.17. The second kappa shape index (κ2) is 14.6. The van der Waals surface area contributed by atoms with Gasteiger partial charge in [-0.25, -0.2) is 4.79 Å². The molecule has 3 nitrogen and oxygen atoms in total. The zero-order valence-corrected chi connectivity index (χ0v) is 17.9. The van der Waals surface area contributed by atoms with Crippen LogP contribution in [0.25, 0.3) is 0 Å². The molecule has 3 heteroatoms. The molecule has 0 saturated heterocycles. The normalized spacial score (nSPS) is 17.5. The predicted molar refractivity (Wildman–Crippen MR) is 115 cm³/mol. The Morgan fingerprint density at radius 2 is 1.39 bits per heavy atom. The molecular weight excluding hydrogens is 348 g/mol. The van der Waals surface area contributed by atoms with Crippen LogP contribution in [0, 0.1) is 0 Å². The number of benzene rings is 1. The number of carbonyl (C=O) groups excluding carboxylic acids is 1. The number of unbranched alkanes of at least 4 members (excludes halogenated alkanes) is 3. The number of hydrogen-bond acceptors (Lipinski definition) is 3. The molecule has 0 N–H and O–H groups in total. The summed E-state index contributed by atoms with van der Waals surface area (Å²) >= 11 is 0. The van der Waals surface area contributed by atoms with E-state index < -0.39 is 0 Å². The van der Waals surface area contributed by atoms with E-state index in [1.807, 2.05) is 24.3 Å². The van der Waals surface area contributed by atoms with Crippen molar-refractivity contribution < 1.29 is 14.6 Å². The molecule has 0 bridgehead atoms. The first-order valence-electron chi connectivity index (χ1n) is 11.8. The molecule has 0 unspecified atom stereocenters. The minimum Gasteiger partial charge on any atom is -0.293 e. The Morgan fingerprint density at radius 3 is 1.96 bits per heavy atom. The fourth-order valence-electron chi connectivity index (χ4n) is 3.95. The molecule has 0 aliphatic heterocycles. The van der Waals surface area contributed by atoms with Crippen LogP contribution in [0.4, 0.5) is 0 Å². The van der Waals surface area contributed by atoms with E-state index >= 15 is 0 Å². The molecule has 1 aromatic rings. The zero-order chi connectivity index (χ0) is 19.9. The molecule has 2 rings (SSSR count). The van der Waals surface area contributed by atoms with Crippen LogP contribution in [0.15, 0.2) is 24.3 Å². The maximum atomic E-state index is 12.3. The summed E-state index contributed by atoms with van der Waals surface area (Å²) in [5.74, 6) is -0.372. The van der Waals surface area contributed by atoms with Crippen LogP contribution in [-0.4, -0.2) is 12.1 Å². The molecule has 0 atom stereocenters. The van der Waals surface area contributed by atoms with Crippen LogP contribution in [0.5, 0.6) is 0 Å². The average Bonchev–Trinajstić information content (AvgIpc) is 2.71. The van der Waals surface area contributed by atoms with Gasteiger partial charge < -0.3 is 0 Å². The van der Waals surface area contributed by atoms with Crippen LogP contribution in [0.3, 0.4) is 0 Å². The van der Waals surface area contributed by atoms with Crippen molar-refractivity contribution in [3.8, 4) is 0 Å². The van der Waals surface area contributed by atoms with E-state index in [1.54, 1.807) is 0 Å². The SMILES string of the molecule is CCCCCCc1ccc(C(=O)OOC2CCCCCCCCCCC2)cc1. The van der Waals surface area contributed by atoms with Crippen LogP contribution in [0.2, 0.25) is 0 Å². The summed E-state index contributed by atoms with van der Waals surface area (Å²) in [6.45, 7) is 2.23. The summed E-state index contributed by atoms with van der Waals surface area (Å²) in [4.78, 5) is 23.1. The third-order valence-electron chi connectivity index (χ3n) is 5.82. The van der Waals surface area contributed by atoms with Gasteiger partial charge >= 0.3 is 5.97 Å². The standard InChI is InChI=1S/C25H40O3/c1-2-3-4-12-15-22-18-20-23(21-19-22)25(26)28-27-24-16-13-10-8-6-5-7-9-11-14-17-24/h18-21,24H,2-17H2,1H3. The molecule has 0 aromatic heterocycles. The molecule has 0 amide bonds. The van der Waals surface area contributed by atoms with Crippen molar-refractivity contribution in [1.82, 2.24) is 0 Å². The van der Waals surface area contributed by atoms with E-state index in [4.69, 9.17) is 9.78 Å². The van der Waals surface area contributed by atoms with E-state index in [0.717, 1.165) is 32.1 Å². The first-order chi connectivity index (χ1) is 13.8.